The van der Waals surface area contributed by atoms with Crippen molar-refractivity contribution in [1.82, 2.24) is 10.2 Å². The standard InChI is InChI=1S/C19H19FN2O3/c1-2-19(13-8-4-3-5-9-13)17(24)22(18(25)21-19)12-16(23)14-10-6-7-11-15(14)20/h3-11,16,23H,2,12H2,1H3,(H,21,25)/t16-,19-/m0/s1. The number of hydrogen-bond acceptors (Lipinski definition) is 3. The van der Waals surface area contributed by atoms with Crippen molar-refractivity contribution in [3.8, 4) is 0 Å². The maximum atomic E-state index is 13.8. The Kier molecular flexibility index (Phi) is 4.55. The van der Waals surface area contributed by atoms with Gasteiger partial charge in [-0.3, -0.25) is 9.69 Å². The van der Waals surface area contributed by atoms with Crippen LogP contribution >= 0.6 is 0 Å². The molecule has 1 heterocycles. The summed E-state index contributed by atoms with van der Waals surface area (Å²) in [6.07, 6.45) is -0.923. The molecule has 2 atom stereocenters. The first-order valence-corrected chi connectivity index (χ1v) is 8.11. The van der Waals surface area contributed by atoms with Gasteiger partial charge in [0.05, 0.1) is 12.6 Å². The summed E-state index contributed by atoms with van der Waals surface area (Å²) in [5, 5.41) is 13.0. The molecule has 1 aliphatic heterocycles. The van der Waals surface area contributed by atoms with Crippen molar-refractivity contribution in [3.63, 3.8) is 0 Å². The van der Waals surface area contributed by atoms with Crippen LogP contribution in [0.3, 0.4) is 0 Å². The zero-order valence-electron chi connectivity index (χ0n) is 13.8. The van der Waals surface area contributed by atoms with Gasteiger partial charge in [-0.2, -0.15) is 0 Å². The second-order valence-electron chi connectivity index (χ2n) is 6.01. The van der Waals surface area contributed by atoms with Gasteiger partial charge in [0.2, 0.25) is 0 Å². The number of aliphatic hydroxyl groups is 1. The Morgan fingerprint density at radius 3 is 2.40 bits per heavy atom. The average Bonchev–Trinajstić information content (AvgIpc) is 2.88. The maximum Gasteiger partial charge on any atom is 0.325 e. The Bertz CT molecular complexity index is 796. The molecule has 0 aromatic heterocycles. The number of nitrogens with one attached hydrogen (secondary N) is 1. The van der Waals surface area contributed by atoms with Crippen molar-refractivity contribution < 1.29 is 19.1 Å². The van der Waals surface area contributed by atoms with E-state index in [1.54, 1.807) is 30.3 Å². The molecule has 130 valence electrons. The number of hydrogen-bond donors (Lipinski definition) is 2. The number of β-amino-alcohol motifs (C(OH)–C–C–N with tert-alkyl or cyclic N) is 1. The van der Waals surface area contributed by atoms with Gasteiger partial charge in [0.15, 0.2) is 0 Å². The van der Waals surface area contributed by atoms with Gasteiger partial charge in [-0.1, -0.05) is 55.5 Å². The minimum Gasteiger partial charge on any atom is -0.386 e. The molecule has 3 amide bonds. The number of aliphatic hydroxyl groups excluding tert-OH is 1. The Morgan fingerprint density at radius 2 is 1.76 bits per heavy atom. The van der Waals surface area contributed by atoms with Crippen molar-refractivity contribution in [2.24, 2.45) is 0 Å². The summed E-state index contributed by atoms with van der Waals surface area (Å²) in [6.45, 7) is 1.50. The largest absolute Gasteiger partial charge is 0.386 e. The summed E-state index contributed by atoms with van der Waals surface area (Å²) >= 11 is 0. The van der Waals surface area contributed by atoms with E-state index in [0.29, 0.717) is 12.0 Å². The average molecular weight is 342 g/mol. The molecule has 0 aliphatic carbocycles. The second-order valence-corrected chi connectivity index (χ2v) is 6.01. The molecule has 6 heteroatoms. The lowest BCUT2D eigenvalue weighted by atomic mass is 9.87. The van der Waals surface area contributed by atoms with Crippen LogP contribution in [0.15, 0.2) is 54.6 Å². The van der Waals surface area contributed by atoms with Gasteiger partial charge in [-0.15, -0.1) is 0 Å². The molecule has 25 heavy (non-hydrogen) atoms. The van der Waals surface area contributed by atoms with Crippen molar-refractivity contribution in [3.05, 3.63) is 71.5 Å². The predicted molar refractivity (Wildman–Crippen MR) is 90.0 cm³/mol. The summed E-state index contributed by atoms with van der Waals surface area (Å²) in [6, 6.07) is 14.1. The zero-order valence-corrected chi connectivity index (χ0v) is 13.8. The highest BCUT2D eigenvalue weighted by Gasteiger charge is 2.51. The van der Waals surface area contributed by atoms with E-state index in [1.807, 2.05) is 13.0 Å². The van der Waals surface area contributed by atoms with E-state index >= 15 is 0 Å². The van der Waals surface area contributed by atoms with Gasteiger partial charge >= 0.3 is 6.03 Å². The molecule has 2 aromatic rings. The topological polar surface area (TPSA) is 69.6 Å². The monoisotopic (exact) mass is 342 g/mol. The van der Waals surface area contributed by atoms with E-state index in [1.165, 1.54) is 18.2 Å². The fourth-order valence-electron chi connectivity index (χ4n) is 3.17. The molecule has 0 saturated carbocycles. The minimum atomic E-state index is -1.29. The third-order valence-corrected chi connectivity index (χ3v) is 4.59. The first-order chi connectivity index (χ1) is 12.0. The third kappa shape index (κ3) is 2.89. The summed E-state index contributed by atoms with van der Waals surface area (Å²) in [5.41, 5.74) is -0.427. The lowest BCUT2D eigenvalue weighted by Gasteiger charge is -2.26. The Hall–Kier alpha value is -2.73. The van der Waals surface area contributed by atoms with Crippen molar-refractivity contribution >= 4 is 11.9 Å². The summed E-state index contributed by atoms with van der Waals surface area (Å²) in [5.74, 6) is -1.02. The lowest BCUT2D eigenvalue weighted by Crippen LogP contribution is -2.43. The highest BCUT2D eigenvalue weighted by Crippen LogP contribution is 2.33. The quantitative estimate of drug-likeness (QED) is 0.821. The molecule has 1 saturated heterocycles. The fourth-order valence-corrected chi connectivity index (χ4v) is 3.17. The molecule has 1 fully saturated rings. The van der Waals surface area contributed by atoms with Crippen LogP contribution in [0.2, 0.25) is 0 Å². The molecule has 2 N–H and O–H groups in total. The first-order valence-electron chi connectivity index (χ1n) is 8.11. The number of benzene rings is 2. The molecule has 5 nitrogen and oxygen atoms in total. The van der Waals surface area contributed by atoms with Gasteiger partial charge in [0, 0.05) is 5.56 Å². The number of halogens is 1. The van der Waals surface area contributed by atoms with E-state index in [9.17, 15) is 19.1 Å². The van der Waals surface area contributed by atoms with Crippen molar-refractivity contribution in [2.45, 2.75) is 25.0 Å². The van der Waals surface area contributed by atoms with Crippen LogP contribution in [-0.2, 0) is 10.3 Å². The Labute approximate surface area is 145 Å². The van der Waals surface area contributed by atoms with Crippen LogP contribution in [-0.4, -0.2) is 28.5 Å². The molecule has 0 bridgehead atoms. The van der Waals surface area contributed by atoms with Gasteiger partial charge < -0.3 is 10.4 Å². The molecule has 0 unspecified atom stereocenters. The number of carbonyl (C=O) groups is 2. The van der Waals surface area contributed by atoms with Gasteiger partial charge in [0.25, 0.3) is 5.91 Å². The number of nitrogens with zero attached hydrogens (tertiary/aromatic N) is 1. The molecule has 3 rings (SSSR count). The lowest BCUT2D eigenvalue weighted by molar-refractivity contribution is -0.132. The molecule has 1 aliphatic rings. The van der Waals surface area contributed by atoms with Gasteiger partial charge in [-0.05, 0) is 18.1 Å². The summed E-state index contributed by atoms with van der Waals surface area (Å²) in [4.78, 5) is 26.3. The van der Waals surface area contributed by atoms with Crippen LogP contribution in [0.5, 0.6) is 0 Å². The Morgan fingerprint density at radius 1 is 1.12 bits per heavy atom. The zero-order chi connectivity index (χ0) is 18.0. The molecular formula is C19H19FN2O3. The summed E-state index contributed by atoms with van der Waals surface area (Å²) < 4.78 is 13.8. The van der Waals surface area contributed by atoms with E-state index in [-0.39, 0.29) is 12.1 Å². The number of rotatable bonds is 5. The number of imide groups is 1. The SMILES string of the molecule is CC[C@@]1(c2ccccc2)NC(=O)N(C[C@H](O)c2ccccc2F)C1=O. The molecular weight excluding hydrogens is 323 g/mol. The Balaban J connectivity index is 1.88. The third-order valence-electron chi connectivity index (χ3n) is 4.59. The van der Waals surface area contributed by atoms with Crippen LogP contribution in [0.1, 0.15) is 30.6 Å². The van der Waals surface area contributed by atoms with E-state index < -0.39 is 29.4 Å². The number of carbonyl (C=O) groups excluding carboxylic acids is 2. The number of amides is 3. The second kappa shape index (κ2) is 6.64. The number of urea groups is 1. The van der Waals surface area contributed by atoms with E-state index in [2.05, 4.69) is 5.32 Å². The highest BCUT2D eigenvalue weighted by molar-refractivity contribution is 6.07. The van der Waals surface area contributed by atoms with E-state index in [4.69, 9.17) is 0 Å². The van der Waals surface area contributed by atoms with E-state index in [0.717, 1.165) is 4.90 Å². The first kappa shape index (κ1) is 17.1. The van der Waals surface area contributed by atoms with Gasteiger partial charge in [-0.25, -0.2) is 9.18 Å². The molecule has 0 spiro atoms. The van der Waals surface area contributed by atoms with Crippen LogP contribution < -0.4 is 5.32 Å². The highest BCUT2D eigenvalue weighted by atomic mass is 19.1. The van der Waals surface area contributed by atoms with Crippen molar-refractivity contribution in [2.75, 3.05) is 6.54 Å². The maximum absolute atomic E-state index is 13.8. The van der Waals surface area contributed by atoms with Gasteiger partial charge in [0.1, 0.15) is 11.4 Å². The smallest absolute Gasteiger partial charge is 0.325 e. The normalized spacial score (nSPS) is 21.3. The summed E-state index contributed by atoms with van der Waals surface area (Å²) in [7, 11) is 0. The molecule has 0 radical (unpaired) electrons. The minimum absolute atomic E-state index is 0.0526. The molecule has 2 aromatic carbocycles. The van der Waals surface area contributed by atoms with Crippen LogP contribution in [0, 0.1) is 5.82 Å². The fraction of sp³-hybridized carbons (Fsp3) is 0.263. The van der Waals surface area contributed by atoms with Crippen LogP contribution in [0.4, 0.5) is 9.18 Å². The van der Waals surface area contributed by atoms with Crippen molar-refractivity contribution in [1.29, 1.82) is 0 Å². The van der Waals surface area contributed by atoms with Crippen LogP contribution in [0.25, 0.3) is 0 Å². The predicted octanol–water partition coefficient (Wildman–Crippen LogP) is 2.72.